The maximum atomic E-state index is 13.1. The van der Waals surface area contributed by atoms with Gasteiger partial charge in [0, 0.05) is 63.1 Å². The third kappa shape index (κ3) is 3.85. The van der Waals surface area contributed by atoms with Gasteiger partial charge in [0.05, 0.1) is 11.7 Å². The number of amides is 2. The number of allylic oxidation sites excluding steroid dienone is 1. The van der Waals surface area contributed by atoms with Crippen molar-refractivity contribution < 1.29 is 9.90 Å². The van der Waals surface area contributed by atoms with E-state index in [1.807, 2.05) is 15.9 Å². The summed E-state index contributed by atoms with van der Waals surface area (Å²) in [5.41, 5.74) is 14.3. The highest BCUT2D eigenvalue weighted by Crippen LogP contribution is 2.27. The number of carbonyl (C=O) groups is 1. The third-order valence-electron chi connectivity index (χ3n) is 6.12. The number of urea groups is 1. The largest absolute Gasteiger partial charge is 0.507 e. The molecule has 0 aliphatic carbocycles. The summed E-state index contributed by atoms with van der Waals surface area (Å²) in [5, 5.41) is 16.7. The van der Waals surface area contributed by atoms with E-state index in [0.717, 1.165) is 25.3 Å². The molecule has 7 N–H and O–H groups in total. The fourth-order valence-corrected chi connectivity index (χ4v) is 4.40. The average molecular weight is 414 g/mol. The average Bonchev–Trinajstić information content (AvgIpc) is 2.75. The highest BCUT2D eigenvalue weighted by molar-refractivity contribution is 5.75. The van der Waals surface area contributed by atoms with Crippen molar-refractivity contribution in [1.82, 2.24) is 25.3 Å². The van der Waals surface area contributed by atoms with E-state index in [4.69, 9.17) is 11.5 Å². The molecule has 4 rings (SSSR count). The molecular formula is C21H31N7O2. The number of carbonyl (C=O) groups excluding carboxylic acids is 1. The Hall–Kier alpha value is -3.07. The number of hydrogen-bond acceptors (Lipinski definition) is 7. The van der Waals surface area contributed by atoms with Gasteiger partial charge in [-0.05, 0) is 25.1 Å². The van der Waals surface area contributed by atoms with Crippen LogP contribution in [0.25, 0.3) is 5.70 Å². The lowest BCUT2D eigenvalue weighted by atomic mass is 10.1. The SMILES string of the molecule is CC1CNCCN1C(=O)N1CCN2C(/C=C(\N)c3ccccc3O)=C(N)NCC2C1. The molecule has 3 aliphatic rings. The Labute approximate surface area is 177 Å². The maximum Gasteiger partial charge on any atom is 0.320 e. The summed E-state index contributed by atoms with van der Waals surface area (Å²) < 4.78 is 0. The Morgan fingerprint density at radius 3 is 2.80 bits per heavy atom. The summed E-state index contributed by atoms with van der Waals surface area (Å²) in [6.45, 7) is 7.09. The lowest BCUT2D eigenvalue weighted by molar-refractivity contribution is 0.0778. The number of para-hydroxylation sites is 1. The van der Waals surface area contributed by atoms with E-state index in [9.17, 15) is 9.90 Å². The number of piperazine rings is 2. The summed E-state index contributed by atoms with van der Waals surface area (Å²) in [5.74, 6) is 0.687. The van der Waals surface area contributed by atoms with E-state index in [-0.39, 0.29) is 23.9 Å². The predicted molar refractivity (Wildman–Crippen MR) is 116 cm³/mol. The van der Waals surface area contributed by atoms with Gasteiger partial charge in [-0.2, -0.15) is 0 Å². The predicted octanol–water partition coefficient (Wildman–Crippen LogP) is -0.177. The number of nitrogens with two attached hydrogens (primary N) is 2. The molecule has 9 nitrogen and oxygen atoms in total. The van der Waals surface area contributed by atoms with Crippen LogP contribution >= 0.6 is 0 Å². The number of nitrogens with zero attached hydrogens (tertiary/aromatic N) is 3. The van der Waals surface area contributed by atoms with Crippen LogP contribution in [0.2, 0.25) is 0 Å². The van der Waals surface area contributed by atoms with Crippen molar-refractivity contribution in [3.05, 3.63) is 47.4 Å². The number of fused-ring (bicyclic) bond motifs is 1. The molecule has 0 spiro atoms. The van der Waals surface area contributed by atoms with Crippen molar-refractivity contribution in [3.63, 3.8) is 0 Å². The molecule has 30 heavy (non-hydrogen) atoms. The Morgan fingerprint density at radius 2 is 2.03 bits per heavy atom. The molecule has 3 heterocycles. The van der Waals surface area contributed by atoms with Crippen LogP contribution in [0.1, 0.15) is 12.5 Å². The van der Waals surface area contributed by atoms with Gasteiger partial charge in [0.15, 0.2) is 0 Å². The zero-order valence-corrected chi connectivity index (χ0v) is 17.3. The number of rotatable bonds is 2. The Balaban J connectivity index is 1.50. The zero-order chi connectivity index (χ0) is 21.3. The van der Waals surface area contributed by atoms with Crippen LogP contribution in [0.15, 0.2) is 41.9 Å². The second kappa shape index (κ2) is 8.35. The topological polar surface area (TPSA) is 123 Å². The molecule has 2 amide bonds. The summed E-state index contributed by atoms with van der Waals surface area (Å²) in [6, 6.07) is 7.38. The van der Waals surface area contributed by atoms with Crippen LogP contribution in [-0.2, 0) is 0 Å². The smallest absolute Gasteiger partial charge is 0.320 e. The molecule has 0 bridgehead atoms. The summed E-state index contributed by atoms with van der Waals surface area (Å²) in [4.78, 5) is 19.2. The van der Waals surface area contributed by atoms with Gasteiger partial charge in [-0.3, -0.25) is 0 Å². The fraction of sp³-hybridized carbons (Fsp3) is 0.476. The number of benzene rings is 1. The molecule has 0 saturated carbocycles. The molecule has 0 aromatic heterocycles. The van der Waals surface area contributed by atoms with E-state index in [1.165, 1.54) is 0 Å². The lowest BCUT2D eigenvalue weighted by Gasteiger charge is -2.48. The normalized spacial score (nSPS) is 25.1. The monoisotopic (exact) mass is 413 g/mol. The first-order valence-electron chi connectivity index (χ1n) is 10.5. The van der Waals surface area contributed by atoms with E-state index in [0.29, 0.717) is 43.3 Å². The first-order chi connectivity index (χ1) is 14.5. The molecule has 1 aromatic rings. The van der Waals surface area contributed by atoms with Gasteiger partial charge >= 0.3 is 6.03 Å². The Kier molecular flexibility index (Phi) is 5.63. The molecule has 3 aliphatic heterocycles. The number of phenolic OH excluding ortho intramolecular Hbond substituents is 1. The molecule has 9 heteroatoms. The second-order valence-corrected chi connectivity index (χ2v) is 8.12. The zero-order valence-electron chi connectivity index (χ0n) is 17.3. The van der Waals surface area contributed by atoms with Gasteiger partial charge in [-0.1, -0.05) is 12.1 Å². The van der Waals surface area contributed by atoms with E-state index >= 15 is 0 Å². The molecular weight excluding hydrogens is 382 g/mol. The molecule has 2 atom stereocenters. The van der Waals surface area contributed by atoms with Gasteiger partial charge in [0.2, 0.25) is 0 Å². The van der Waals surface area contributed by atoms with Crippen molar-refractivity contribution in [2.45, 2.75) is 19.0 Å². The number of aromatic hydroxyl groups is 1. The van der Waals surface area contributed by atoms with Crippen molar-refractivity contribution in [3.8, 4) is 5.75 Å². The molecule has 2 saturated heterocycles. The van der Waals surface area contributed by atoms with Gasteiger partial charge in [-0.25, -0.2) is 4.79 Å². The fourth-order valence-electron chi connectivity index (χ4n) is 4.40. The van der Waals surface area contributed by atoms with Gasteiger partial charge in [-0.15, -0.1) is 0 Å². The minimum atomic E-state index is 0.108. The quantitative estimate of drug-likeness (QED) is 0.456. The van der Waals surface area contributed by atoms with E-state index < -0.39 is 0 Å². The Bertz CT molecular complexity index is 869. The van der Waals surface area contributed by atoms with Crippen LogP contribution in [0.4, 0.5) is 4.79 Å². The summed E-state index contributed by atoms with van der Waals surface area (Å²) >= 11 is 0. The van der Waals surface area contributed by atoms with Gasteiger partial charge in [0.1, 0.15) is 11.6 Å². The van der Waals surface area contributed by atoms with Crippen LogP contribution in [0.5, 0.6) is 5.75 Å². The summed E-state index contributed by atoms with van der Waals surface area (Å²) in [7, 11) is 0. The highest BCUT2D eigenvalue weighted by Gasteiger charge is 2.36. The first kappa shape index (κ1) is 20.2. The number of phenols is 1. The maximum absolute atomic E-state index is 13.1. The van der Waals surface area contributed by atoms with Crippen LogP contribution < -0.4 is 22.1 Å². The summed E-state index contributed by atoms with van der Waals surface area (Å²) in [6.07, 6.45) is 1.80. The van der Waals surface area contributed by atoms with Gasteiger partial charge < -0.3 is 41.9 Å². The van der Waals surface area contributed by atoms with Crippen molar-refractivity contribution in [2.75, 3.05) is 45.8 Å². The first-order valence-corrected chi connectivity index (χ1v) is 10.5. The van der Waals surface area contributed by atoms with E-state index in [2.05, 4.69) is 22.5 Å². The lowest BCUT2D eigenvalue weighted by Crippen LogP contribution is -2.63. The molecule has 0 radical (unpaired) electrons. The minimum absolute atomic E-state index is 0.108. The van der Waals surface area contributed by atoms with Crippen LogP contribution in [0, 0.1) is 0 Å². The van der Waals surface area contributed by atoms with Crippen molar-refractivity contribution in [2.24, 2.45) is 11.5 Å². The molecule has 2 unspecified atom stereocenters. The van der Waals surface area contributed by atoms with Crippen LogP contribution in [-0.4, -0.2) is 83.7 Å². The molecule has 162 valence electrons. The molecule has 2 fully saturated rings. The van der Waals surface area contributed by atoms with Gasteiger partial charge in [0.25, 0.3) is 0 Å². The van der Waals surface area contributed by atoms with Crippen LogP contribution in [0.3, 0.4) is 0 Å². The second-order valence-electron chi connectivity index (χ2n) is 8.12. The number of nitrogens with one attached hydrogen (secondary N) is 2. The third-order valence-corrected chi connectivity index (χ3v) is 6.12. The highest BCUT2D eigenvalue weighted by atomic mass is 16.3. The minimum Gasteiger partial charge on any atom is -0.507 e. The van der Waals surface area contributed by atoms with E-state index in [1.54, 1.807) is 24.3 Å². The molecule has 1 aromatic carbocycles. The standard InChI is InChI=1S/C21H31N7O2/c1-14-11-24-6-7-27(14)21(30)26-8-9-28-15(13-26)12-25-20(23)18(28)10-17(22)16-4-2-3-5-19(16)29/h2-5,10,14-15,24-25,29H,6-9,11-13,22-23H2,1H3/b17-10-. The number of hydrogen-bond donors (Lipinski definition) is 5. The Morgan fingerprint density at radius 1 is 1.23 bits per heavy atom. The van der Waals surface area contributed by atoms with Crippen molar-refractivity contribution >= 4 is 11.7 Å². The van der Waals surface area contributed by atoms with Crippen molar-refractivity contribution in [1.29, 1.82) is 0 Å².